The van der Waals surface area contributed by atoms with Crippen LogP contribution < -0.4 is 4.90 Å². The van der Waals surface area contributed by atoms with Gasteiger partial charge < -0.3 is 9.64 Å². The Morgan fingerprint density at radius 1 is 1.48 bits per heavy atom. The first-order chi connectivity index (χ1) is 10.1. The lowest BCUT2D eigenvalue weighted by atomic mass is 10.4. The number of ether oxygens (including phenoxy) is 1. The predicted molar refractivity (Wildman–Crippen MR) is 75.4 cm³/mol. The highest BCUT2D eigenvalue weighted by molar-refractivity contribution is 6.32. The lowest BCUT2D eigenvalue weighted by Crippen LogP contribution is -2.33. The van der Waals surface area contributed by atoms with Crippen LogP contribution in [0.3, 0.4) is 0 Å². The van der Waals surface area contributed by atoms with Crippen molar-refractivity contribution in [2.24, 2.45) is 5.92 Å². The lowest BCUT2D eigenvalue weighted by Gasteiger charge is -2.17. The molecular weight excluding hydrogens is 296 g/mol. The molecule has 1 aliphatic carbocycles. The topological polar surface area (TPSA) is 75.6 Å². The van der Waals surface area contributed by atoms with Gasteiger partial charge in [-0.2, -0.15) is 0 Å². The molecule has 0 N–H and O–H groups in total. The van der Waals surface area contributed by atoms with Crippen LogP contribution in [0.5, 0.6) is 0 Å². The third-order valence-electron chi connectivity index (χ3n) is 3.64. The van der Waals surface area contributed by atoms with Gasteiger partial charge in [-0.25, -0.2) is 19.6 Å². The average Bonchev–Trinajstić information content (AvgIpc) is 3.22. The van der Waals surface area contributed by atoms with E-state index in [0.29, 0.717) is 24.8 Å². The largest absolute Gasteiger partial charge is 0.464 e. The predicted octanol–water partition coefficient (Wildman–Crippen LogP) is 1.57. The van der Waals surface area contributed by atoms with Crippen LogP contribution in [-0.2, 0) is 4.74 Å². The molecule has 0 atom stereocenters. The second-order valence-electron chi connectivity index (χ2n) is 5.18. The van der Waals surface area contributed by atoms with Gasteiger partial charge in [0.1, 0.15) is 0 Å². The summed E-state index contributed by atoms with van der Waals surface area (Å²) in [5, 5.41) is -0.0622. The molecule has 1 aliphatic heterocycles. The molecule has 7 nitrogen and oxygen atoms in total. The summed E-state index contributed by atoms with van der Waals surface area (Å²) in [6.07, 6.45) is 3.77. The Labute approximate surface area is 126 Å². The van der Waals surface area contributed by atoms with Crippen molar-refractivity contribution in [1.82, 2.24) is 14.9 Å². The molecule has 0 aromatic carbocycles. The molecular formula is C13H15ClN4O3. The van der Waals surface area contributed by atoms with E-state index in [1.165, 1.54) is 31.0 Å². The van der Waals surface area contributed by atoms with Gasteiger partial charge >= 0.3 is 12.0 Å². The fourth-order valence-corrected chi connectivity index (χ4v) is 2.51. The number of rotatable bonds is 4. The maximum absolute atomic E-state index is 12.3. The number of carbonyl (C=O) groups is 2. The number of carbonyl (C=O) groups excluding carboxylic acids is 2. The standard InChI is InChI=1S/C13H15ClN4O3/c1-21-12(19)10-11(14)16-9(6-15-10)18-5-4-17(13(18)20)7-8-2-3-8/h6,8H,2-5,7H2,1H3. The maximum atomic E-state index is 12.3. The van der Waals surface area contributed by atoms with Crippen molar-refractivity contribution >= 4 is 29.4 Å². The van der Waals surface area contributed by atoms with E-state index in [9.17, 15) is 9.59 Å². The molecule has 8 heteroatoms. The summed E-state index contributed by atoms with van der Waals surface area (Å²) in [6.45, 7) is 2.03. The normalized spacial score (nSPS) is 18.3. The molecule has 1 saturated heterocycles. The van der Waals surface area contributed by atoms with Crippen LogP contribution in [0.15, 0.2) is 6.20 Å². The van der Waals surface area contributed by atoms with Crippen molar-refractivity contribution in [3.63, 3.8) is 0 Å². The van der Waals surface area contributed by atoms with Gasteiger partial charge in [-0.15, -0.1) is 0 Å². The van der Waals surface area contributed by atoms with Crippen LogP contribution >= 0.6 is 11.6 Å². The number of esters is 1. The van der Waals surface area contributed by atoms with Crippen LogP contribution in [0.4, 0.5) is 10.6 Å². The molecule has 2 heterocycles. The molecule has 1 saturated carbocycles. The van der Waals surface area contributed by atoms with Gasteiger partial charge in [0.25, 0.3) is 0 Å². The van der Waals surface area contributed by atoms with Gasteiger partial charge in [0, 0.05) is 19.6 Å². The van der Waals surface area contributed by atoms with E-state index in [2.05, 4.69) is 14.7 Å². The van der Waals surface area contributed by atoms with Crippen molar-refractivity contribution in [2.75, 3.05) is 31.6 Å². The number of urea groups is 1. The minimum absolute atomic E-state index is 0.0515. The third kappa shape index (κ3) is 2.78. The van der Waals surface area contributed by atoms with Crippen LogP contribution in [0.2, 0.25) is 5.15 Å². The first kappa shape index (κ1) is 14.1. The van der Waals surface area contributed by atoms with Crippen LogP contribution in [0.25, 0.3) is 0 Å². The van der Waals surface area contributed by atoms with E-state index in [-0.39, 0.29) is 16.9 Å². The summed E-state index contributed by atoms with van der Waals surface area (Å²) in [6, 6.07) is -0.0851. The summed E-state index contributed by atoms with van der Waals surface area (Å²) < 4.78 is 4.56. The highest BCUT2D eigenvalue weighted by Gasteiger charge is 2.35. The van der Waals surface area contributed by atoms with Crippen LogP contribution in [0, 0.1) is 5.92 Å². The lowest BCUT2D eigenvalue weighted by molar-refractivity contribution is 0.0594. The zero-order chi connectivity index (χ0) is 15.0. The molecule has 0 spiro atoms. The van der Waals surface area contributed by atoms with E-state index in [1.54, 1.807) is 0 Å². The Kier molecular flexibility index (Phi) is 3.67. The van der Waals surface area contributed by atoms with E-state index >= 15 is 0 Å². The molecule has 0 bridgehead atoms. The Morgan fingerprint density at radius 3 is 2.86 bits per heavy atom. The average molecular weight is 311 g/mol. The highest BCUT2D eigenvalue weighted by atomic mass is 35.5. The van der Waals surface area contributed by atoms with Gasteiger partial charge in [0.15, 0.2) is 16.7 Å². The summed E-state index contributed by atoms with van der Waals surface area (Å²) in [5.74, 6) is 0.350. The Morgan fingerprint density at radius 2 is 2.24 bits per heavy atom. The van der Waals surface area contributed by atoms with Gasteiger partial charge in [0.2, 0.25) is 0 Å². The third-order valence-corrected chi connectivity index (χ3v) is 3.91. The first-order valence-corrected chi connectivity index (χ1v) is 7.15. The molecule has 0 radical (unpaired) electrons. The molecule has 21 heavy (non-hydrogen) atoms. The van der Waals surface area contributed by atoms with E-state index in [4.69, 9.17) is 11.6 Å². The van der Waals surface area contributed by atoms with Crippen molar-refractivity contribution in [3.05, 3.63) is 17.0 Å². The summed E-state index contributed by atoms with van der Waals surface area (Å²) in [4.78, 5) is 35.1. The zero-order valence-electron chi connectivity index (χ0n) is 11.6. The molecule has 0 unspecified atom stereocenters. The number of hydrogen-bond acceptors (Lipinski definition) is 5. The molecule has 2 fully saturated rings. The minimum atomic E-state index is -0.651. The van der Waals surface area contributed by atoms with Crippen LogP contribution in [-0.4, -0.2) is 53.6 Å². The monoisotopic (exact) mass is 310 g/mol. The number of anilines is 1. The Hall–Kier alpha value is -1.89. The fourth-order valence-electron chi connectivity index (χ4n) is 2.30. The van der Waals surface area contributed by atoms with Gasteiger partial charge in [0.05, 0.1) is 13.3 Å². The quantitative estimate of drug-likeness (QED) is 0.789. The van der Waals surface area contributed by atoms with Gasteiger partial charge in [-0.3, -0.25) is 4.90 Å². The number of hydrogen-bond donors (Lipinski definition) is 0. The number of methoxy groups -OCH3 is 1. The number of halogens is 1. The summed E-state index contributed by atoms with van der Waals surface area (Å²) >= 11 is 5.93. The molecule has 3 rings (SSSR count). The van der Waals surface area contributed by atoms with Gasteiger partial charge in [-0.05, 0) is 18.8 Å². The van der Waals surface area contributed by atoms with E-state index in [1.807, 2.05) is 4.90 Å². The minimum Gasteiger partial charge on any atom is -0.464 e. The van der Waals surface area contributed by atoms with Crippen molar-refractivity contribution in [1.29, 1.82) is 0 Å². The molecule has 1 aromatic rings. The summed E-state index contributed by atoms with van der Waals surface area (Å²) in [5.41, 5.74) is -0.0515. The fraction of sp³-hybridized carbons (Fsp3) is 0.538. The SMILES string of the molecule is COC(=O)c1ncc(N2CCN(CC3CC3)C2=O)nc1Cl. The summed E-state index contributed by atoms with van der Waals surface area (Å²) in [7, 11) is 1.24. The number of nitrogens with zero attached hydrogens (tertiary/aromatic N) is 4. The highest BCUT2D eigenvalue weighted by Crippen LogP contribution is 2.31. The van der Waals surface area contributed by atoms with E-state index in [0.717, 1.165) is 6.54 Å². The maximum Gasteiger partial charge on any atom is 0.359 e. The van der Waals surface area contributed by atoms with Crippen molar-refractivity contribution < 1.29 is 14.3 Å². The van der Waals surface area contributed by atoms with E-state index < -0.39 is 5.97 Å². The van der Waals surface area contributed by atoms with Crippen molar-refractivity contribution in [3.8, 4) is 0 Å². The number of aromatic nitrogens is 2. The Bertz CT molecular complexity index is 591. The number of amides is 2. The van der Waals surface area contributed by atoms with Gasteiger partial charge in [-0.1, -0.05) is 11.6 Å². The molecule has 112 valence electrons. The van der Waals surface area contributed by atoms with Crippen molar-refractivity contribution in [2.45, 2.75) is 12.8 Å². The zero-order valence-corrected chi connectivity index (χ0v) is 12.3. The second kappa shape index (κ2) is 5.48. The molecule has 2 amide bonds. The molecule has 2 aliphatic rings. The van der Waals surface area contributed by atoms with Crippen LogP contribution in [0.1, 0.15) is 23.3 Å². The second-order valence-corrected chi connectivity index (χ2v) is 5.54. The molecule has 1 aromatic heterocycles. The smallest absolute Gasteiger partial charge is 0.359 e. The Balaban J connectivity index is 1.76. The first-order valence-electron chi connectivity index (χ1n) is 6.77.